The first kappa shape index (κ1) is 12.0. The Kier molecular flexibility index (Phi) is 3.36. The van der Waals surface area contributed by atoms with Gasteiger partial charge in [-0.1, -0.05) is 36.5 Å². The van der Waals surface area contributed by atoms with Gasteiger partial charge < -0.3 is 10.4 Å². The summed E-state index contributed by atoms with van der Waals surface area (Å²) in [7, 11) is 0. The van der Waals surface area contributed by atoms with E-state index < -0.39 is 6.09 Å². The molecule has 2 aliphatic carbocycles. The number of carbonyl (C=O) groups is 1. The molecule has 0 aromatic heterocycles. The minimum atomic E-state index is -0.959. The maximum absolute atomic E-state index is 10.8. The first-order valence-corrected chi connectivity index (χ1v) is 6.07. The molecule has 0 bridgehead atoms. The molecule has 0 heterocycles. The molecule has 0 aromatic rings. The molecule has 2 aliphatic rings. The highest BCUT2D eigenvalue weighted by molar-refractivity contribution is 5.65. The summed E-state index contributed by atoms with van der Waals surface area (Å²) in [6, 6.07) is -0.111. The molecule has 17 heavy (non-hydrogen) atoms. The molecule has 92 valence electrons. The van der Waals surface area contributed by atoms with E-state index in [-0.39, 0.29) is 6.04 Å². The second kappa shape index (κ2) is 4.78. The molecule has 0 radical (unpaired) electrons. The van der Waals surface area contributed by atoms with Gasteiger partial charge in [-0.05, 0) is 37.5 Å². The van der Waals surface area contributed by atoms with Gasteiger partial charge in [-0.3, -0.25) is 0 Å². The van der Waals surface area contributed by atoms with Crippen LogP contribution < -0.4 is 5.32 Å². The van der Waals surface area contributed by atoms with Crippen molar-refractivity contribution in [2.24, 2.45) is 17.8 Å². The van der Waals surface area contributed by atoms with Gasteiger partial charge in [-0.15, -0.1) is 0 Å². The van der Waals surface area contributed by atoms with Crippen molar-refractivity contribution in [3.63, 3.8) is 0 Å². The van der Waals surface area contributed by atoms with E-state index in [4.69, 9.17) is 5.11 Å². The summed E-state index contributed by atoms with van der Waals surface area (Å²) < 4.78 is 0. The van der Waals surface area contributed by atoms with Crippen LogP contribution in [-0.4, -0.2) is 17.2 Å². The molecule has 0 aliphatic heterocycles. The van der Waals surface area contributed by atoms with Crippen molar-refractivity contribution in [1.29, 1.82) is 0 Å². The third-order valence-corrected chi connectivity index (χ3v) is 3.81. The van der Waals surface area contributed by atoms with Gasteiger partial charge in [0.05, 0.1) is 6.04 Å². The first-order valence-electron chi connectivity index (χ1n) is 6.07. The maximum Gasteiger partial charge on any atom is 0.405 e. The number of carboxylic acid groups (broad SMARTS) is 1. The fraction of sp³-hybridized carbons (Fsp3) is 0.500. The van der Waals surface area contributed by atoms with Crippen LogP contribution in [0, 0.1) is 17.8 Å². The molecule has 0 spiro atoms. The van der Waals surface area contributed by atoms with Crippen LogP contribution in [-0.2, 0) is 0 Å². The van der Waals surface area contributed by atoms with E-state index in [0.29, 0.717) is 17.8 Å². The van der Waals surface area contributed by atoms with Crippen molar-refractivity contribution in [3.05, 3.63) is 36.5 Å². The molecule has 2 N–H and O–H groups in total. The number of hydrogen-bond donors (Lipinski definition) is 2. The Morgan fingerprint density at radius 2 is 1.88 bits per heavy atom. The highest BCUT2D eigenvalue weighted by atomic mass is 16.4. The predicted octanol–water partition coefficient (Wildman–Crippen LogP) is 2.97. The van der Waals surface area contributed by atoms with Crippen LogP contribution in [0.1, 0.15) is 19.8 Å². The Hall–Kier alpha value is -1.51. The highest BCUT2D eigenvalue weighted by Crippen LogP contribution is 2.42. The van der Waals surface area contributed by atoms with E-state index in [1.807, 2.05) is 6.92 Å². The summed E-state index contributed by atoms with van der Waals surface area (Å²) in [6.07, 6.45) is 9.78. The lowest BCUT2D eigenvalue weighted by Crippen LogP contribution is -2.39. The molecule has 3 heteroatoms. The third-order valence-electron chi connectivity index (χ3n) is 3.81. The van der Waals surface area contributed by atoms with Gasteiger partial charge in [-0.2, -0.15) is 0 Å². The van der Waals surface area contributed by atoms with Crippen molar-refractivity contribution in [2.75, 3.05) is 0 Å². The molecule has 3 atom stereocenters. The Bertz CT molecular complexity index is 364. The average Bonchev–Trinajstić information content (AvgIpc) is 2.68. The average molecular weight is 233 g/mol. The van der Waals surface area contributed by atoms with Crippen LogP contribution in [0.5, 0.6) is 0 Å². The smallest absolute Gasteiger partial charge is 0.405 e. The van der Waals surface area contributed by atoms with Crippen LogP contribution in [0.15, 0.2) is 36.5 Å². The molecule has 0 saturated heterocycles. The van der Waals surface area contributed by atoms with Crippen molar-refractivity contribution in [1.82, 2.24) is 5.32 Å². The molecule has 3 unspecified atom stereocenters. The molecule has 0 aromatic carbocycles. The second-order valence-corrected chi connectivity index (χ2v) is 5.10. The first-order chi connectivity index (χ1) is 8.08. The number of rotatable bonds is 3. The summed E-state index contributed by atoms with van der Waals surface area (Å²) in [4.78, 5) is 10.8. The van der Waals surface area contributed by atoms with E-state index in [1.165, 1.54) is 0 Å². The quantitative estimate of drug-likeness (QED) is 0.736. The van der Waals surface area contributed by atoms with Crippen molar-refractivity contribution < 1.29 is 9.90 Å². The fourth-order valence-corrected chi connectivity index (χ4v) is 3.05. The van der Waals surface area contributed by atoms with E-state index in [0.717, 1.165) is 18.4 Å². The number of hydrogen-bond acceptors (Lipinski definition) is 1. The Labute approximate surface area is 102 Å². The van der Waals surface area contributed by atoms with Gasteiger partial charge in [0.25, 0.3) is 0 Å². The van der Waals surface area contributed by atoms with Gasteiger partial charge in [0, 0.05) is 0 Å². The van der Waals surface area contributed by atoms with Crippen LogP contribution in [0.2, 0.25) is 0 Å². The molecular weight excluding hydrogens is 214 g/mol. The van der Waals surface area contributed by atoms with Crippen LogP contribution in [0.4, 0.5) is 4.79 Å². The zero-order valence-corrected chi connectivity index (χ0v) is 10.1. The van der Waals surface area contributed by atoms with Crippen LogP contribution in [0.25, 0.3) is 0 Å². The predicted molar refractivity (Wildman–Crippen MR) is 67.7 cm³/mol. The Morgan fingerprint density at radius 1 is 1.35 bits per heavy atom. The van der Waals surface area contributed by atoms with Crippen molar-refractivity contribution >= 4 is 6.09 Å². The zero-order chi connectivity index (χ0) is 12.4. The Morgan fingerprint density at radius 3 is 2.29 bits per heavy atom. The lowest BCUT2D eigenvalue weighted by Gasteiger charge is -2.23. The summed E-state index contributed by atoms with van der Waals surface area (Å²) in [5, 5.41) is 11.5. The second-order valence-electron chi connectivity index (χ2n) is 5.10. The Balaban J connectivity index is 2.06. The normalized spacial score (nSPS) is 31.9. The number of allylic oxidation sites excluding steroid dienone is 4. The summed E-state index contributed by atoms with van der Waals surface area (Å²) in [6.45, 7) is 5.81. The van der Waals surface area contributed by atoms with Crippen molar-refractivity contribution in [3.8, 4) is 0 Å². The molecule has 2 rings (SSSR count). The third kappa shape index (κ3) is 2.60. The van der Waals surface area contributed by atoms with Crippen LogP contribution >= 0.6 is 0 Å². The lowest BCUT2D eigenvalue weighted by molar-refractivity contribution is 0.187. The number of nitrogens with one attached hydrogen (secondary N) is 1. The van der Waals surface area contributed by atoms with Gasteiger partial charge >= 0.3 is 6.09 Å². The molecule has 1 fully saturated rings. The topological polar surface area (TPSA) is 49.3 Å². The maximum atomic E-state index is 10.8. The van der Waals surface area contributed by atoms with Gasteiger partial charge in [0.1, 0.15) is 0 Å². The molecule has 3 nitrogen and oxygen atoms in total. The highest BCUT2D eigenvalue weighted by Gasteiger charge is 2.37. The molecule has 1 amide bonds. The zero-order valence-electron chi connectivity index (χ0n) is 10.1. The minimum Gasteiger partial charge on any atom is -0.465 e. The van der Waals surface area contributed by atoms with Gasteiger partial charge in [0.2, 0.25) is 0 Å². The minimum absolute atomic E-state index is 0.111. The SMILES string of the molecule is C=C(C)C(NC(=O)O)C1CC2C=CC=CC2C1. The van der Waals surface area contributed by atoms with Gasteiger partial charge in [0.15, 0.2) is 0 Å². The van der Waals surface area contributed by atoms with Crippen LogP contribution in [0.3, 0.4) is 0 Å². The largest absolute Gasteiger partial charge is 0.465 e. The van der Waals surface area contributed by atoms with E-state index in [1.54, 1.807) is 0 Å². The number of amides is 1. The molecular formula is C14H19NO2. The van der Waals surface area contributed by atoms with E-state index in [9.17, 15) is 4.79 Å². The van der Waals surface area contributed by atoms with E-state index >= 15 is 0 Å². The van der Waals surface area contributed by atoms with E-state index in [2.05, 4.69) is 36.2 Å². The monoisotopic (exact) mass is 233 g/mol. The van der Waals surface area contributed by atoms with Gasteiger partial charge in [-0.25, -0.2) is 4.79 Å². The standard InChI is InChI=1S/C14H19NO2/c1-9(2)13(15-14(16)17)12-7-10-5-3-4-6-11(10)8-12/h3-6,10-13,15H,1,7-8H2,2H3,(H,16,17). The molecule has 1 saturated carbocycles. The fourth-order valence-electron chi connectivity index (χ4n) is 3.05. The summed E-state index contributed by atoms with van der Waals surface area (Å²) >= 11 is 0. The summed E-state index contributed by atoms with van der Waals surface area (Å²) in [5.74, 6) is 1.51. The number of fused-ring (bicyclic) bond motifs is 1. The summed E-state index contributed by atoms with van der Waals surface area (Å²) in [5.41, 5.74) is 0.906. The van der Waals surface area contributed by atoms with Crippen molar-refractivity contribution in [2.45, 2.75) is 25.8 Å². The lowest BCUT2D eigenvalue weighted by atomic mass is 9.92.